The van der Waals surface area contributed by atoms with E-state index in [2.05, 4.69) is 19.0 Å². The van der Waals surface area contributed by atoms with Crippen LogP contribution in [0.25, 0.3) is 0 Å². The van der Waals surface area contributed by atoms with Crippen molar-refractivity contribution in [1.82, 2.24) is 9.80 Å². The van der Waals surface area contributed by atoms with Gasteiger partial charge in [0.1, 0.15) is 0 Å². The first-order chi connectivity index (χ1) is 8.32. The van der Waals surface area contributed by atoms with E-state index in [4.69, 9.17) is 18.0 Å². The summed E-state index contributed by atoms with van der Waals surface area (Å²) in [6, 6.07) is 0.440. The summed E-state index contributed by atoms with van der Waals surface area (Å²) < 4.78 is 0. The Hall–Kier alpha value is -0.680. The fraction of sp³-hybridized carbons (Fsp3) is 0.846. The lowest BCUT2D eigenvalue weighted by molar-refractivity contribution is -0.139. The number of piperidine rings is 1. The third-order valence-electron chi connectivity index (χ3n) is 4.14. The summed E-state index contributed by atoms with van der Waals surface area (Å²) in [5.41, 5.74) is 5.07. The lowest BCUT2D eigenvalue weighted by Gasteiger charge is -2.40. The van der Waals surface area contributed by atoms with E-state index in [-0.39, 0.29) is 5.91 Å². The van der Waals surface area contributed by atoms with Crippen molar-refractivity contribution in [2.45, 2.75) is 39.2 Å². The average Bonchev–Trinajstić information content (AvgIpc) is 2.36. The quantitative estimate of drug-likeness (QED) is 0.782. The standard InChI is InChI=1S/C13H25N3OS/c1-5-13(2,11(14)18)12(17)16-8-6-7-10(9-16)15(3)4/h10H,5-9H2,1-4H3,(H2,14,18). The number of hydrogen-bond acceptors (Lipinski definition) is 3. The summed E-state index contributed by atoms with van der Waals surface area (Å²) in [5.74, 6) is 0.0871. The van der Waals surface area contributed by atoms with E-state index in [1.54, 1.807) is 0 Å². The third-order valence-corrected chi connectivity index (χ3v) is 4.59. The Kier molecular flexibility index (Phi) is 5.10. The molecule has 0 aromatic rings. The molecule has 1 aliphatic heterocycles. The van der Waals surface area contributed by atoms with Crippen LogP contribution in [-0.2, 0) is 4.79 Å². The van der Waals surface area contributed by atoms with E-state index in [1.165, 1.54) is 0 Å². The maximum Gasteiger partial charge on any atom is 0.235 e. The van der Waals surface area contributed by atoms with Gasteiger partial charge in [0.25, 0.3) is 0 Å². The predicted octanol–water partition coefficient (Wildman–Crippen LogP) is 1.24. The minimum Gasteiger partial charge on any atom is -0.392 e. The van der Waals surface area contributed by atoms with Crippen LogP contribution in [0, 0.1) is 5.41 Å². The molecule has 1 amide bonds. The lowest BCUT2D eigenvalue weighted by Crippen LogP contribution is -2.54. The molecule has 2 atom stereocenters. The van der Waals surface area contributed by atoms with Crippen LogP contribution in [-0.4, -0.2) is 53.9 Å². The van der Waals surface area contributed by atoms with Crippen molar-refractivity contribution < 1.29 is 4.79 Å². The molecular formula is C13H25N3OS. The van der Waals surface area contributed by atoms with Crippen LogP contribution in [0.2, 0.25) is 0 Å². The number of carbonyl (C=O) groups excluding carboxylic acids is 1. The Balaban J connectivity index is 2.80. The summed E-state index contributed by atoms with van der Waals surface area (Å²) in [4.78, 5) is 17.0. The number of likely N-dealkylation sites (tertiary alicyclic amines) is 1. The molecule has 2 unspecified atom stereocenters. The monoisotopic (exact) mass is 271 g/mol. The van der Waals surface area contributed by atoms with E-state index in [9.17, 15) is 4.79 Å². The molecule has 0 saturated carbocycles. The van der Waals surface area contributed by atoms with Crippen molar-refractivity contribution in [3.63, 3.8) is 0 Å². The zero-order valence-corrected chi connectivity index (χ0v) is 12.7. The zero-order valence-electron chi connectivity index (χ0n) is 11.9. The maximum absolute atomic E-state index is 12.6. The molecule has 5 heteroatoms. The minimum atomic E-state index is -0.691. The van der Waals surface area contributed by atoms with E-state index < -0.39 is 5.41 Å². The van der Waals surface area contributed by atoms with E-state index >= 15 is 0 Å². The predicted molar refractivity (Wildman–Crippen MR) is 78.5 cm³/mol. The molecular weight excluding hydrogens is 246 g/mol. The number of hydrogen-bond donors (Lipinski definition) is 1. The number of nitrogens with zero attached hydrogens (tertiary/aromatic N) is 2. The van der Waals surface area contributed by atoms with Gasteiger partial charge in [-0.2, -0.15) is 0 Å². The van der Waals surface area contributed by atoms with Gasteiger partial charge in [0.2, 0.25) is 5.91 Å². The molecule has 0 radical (unpaired) electrons. The summed E-state index contributed by atoms with van der Waals surface area (Å²) >= 11 is 5.08. The normalized spacial score (nSPS) is 23.8. The first-order valence-electron chi connectivity index (χ1n) is 6.58. The van der Waals surface area contributed by atoms with Crippen LogP contribution < -0.4 is 5.73 Å². The van der Waals surface area contributed by atoms with E-state index in [0.29, 0.717) is 17.5 Å². The van der Waals surface area contributed by atoms with Gasteiger partial charge < -0.3 is 15.5 Å². The maximum atomic E-state index is 12.6. The van der Waals surface area contributed by atoms with Crippen molar-refractivity contribution >= 4 is 23.1 Å². The number of thiocarbonyl (C=S) groups is 1. The first kappa shape index (κ1) is 15.4. The lowest BCUT2D eigenvalue weighted by atomic mass is 9.85. The van der Waals surface area contributed by atoms with Crippen molar-refractivity contribution in [3.8, 4) is 0 Å². The molecule has 1 rings (SSSR count). The summed E-state index contributed by atoms with van der Waals surface area (Å²) in [5, 5.41) is 0. The largest absolute Gasteiger partial charge is 0.392 e. The number of carbonyl (C=O) groups is 1. The van der Waals surface area contributed by atoms with Crippen LogP contribution in [0.15, 0.2) is 0 Å². The molecule has 1 heterocycles. The van der Waals surface area contributed by atoms with Gasteiger partial charge in [-0.1, -0.05) is 19.1 Å². The van der Waals surface area contributed by atoms with Gasteiger partial charge >= 0.3 is 0 Å². The van der Waals surface area contributed by atoms with E-state index in [0.717, 1.165) is 25.9 Å². The highest BCUT2D eigenvalue weighted by Gasteiger charge is 2.39. The molecule has 0 bridgehead atoms. The van der Waals surface area contributed by atoms with E-state index in [1.807, 2.05) is 18.7 Å². The number of amides is 1. The molecule has 0 aromatic heterocycles. The fourth-order valence-electron chi connectivity index (χ4n) is 2.34. The molecule has 1 saturated heterocycles. The Morgan fingerprint density at radius 3 is 2.61 bits per heavy atom. The van der Waals surface area contributed by atoms with Gasteiger partial charge in [0, 0.05) is 19.1 Å². The Morgan fingerprint density at radius 1 is 1.56 bits per heavy atom. The van der Waals surface area contributed by atoms with Crippen LogP contribution in [0.4, 0.5) is 0 Å². The number of rotatable bonds is 4. The van der Waals surface area contributed by atoms with Gasteiger partial charge in [-0.15, -0.1) is 0 Å². The van der Waals surface area contributed by atoms with Crippen molar-refractivity contribution in [2.75, 3.05) is 27.2 Å². The highest BCUT2D eigenvalue weighted by molar-refractivity contribution is 7.80. The molecule has 0 aromatic carbocycles. The molecule has 4 nitrogen and oxygen atoms in total. The second kappa shape index (κ2) is 5.97. The first-order valence-corrected chi connectivity index (χ1v) is 6.99. The molecule has 0 aliphatic carbocycles. The van der Waals surface area contributed by atoms with Gasteiger partial charge in [-0.25, -0.2) is 0 Å². The smallest absolute Gasteiger partial charge is 0.235 e. The zero-order chi connectivity index (χ0) is 13.9. The summed E-state index contributed by atoms with van der Waals surface area (Å²) in [6.07, 6.45) is 2.85. The molecule has 1 fully saturated rings. The van der Waals surface area contributed by atoms with Crippen LogP contribution in [0.3, 0.4) is 0 Å². The second-order valence-corrected chi connectivity index (χ2v) is 6.00. The molecule has 2 N–H and O–H groups in total. The molecule has 104 valence electrons. The van der Waals surface area contributed by atoms with Crippen molar-refractivity contribution in [2.24, 2.45) is 11.1 Å². The van der Waals surface area contributed by atoms with Crippen molar-refractivity contribution in [3.05, 3.63) is 0 Å². The van der Waals surface area contributed by atoms with Crippen LogP contribution >= 0.6 is 12.2 Å². The number of likely N-dealkylation sites (N-methyl/N-ethyl adjacent to an activating group) is 1. The average molecular weight is 271 g/mol. The van der Waals surface area contributed by atoms with Crippen LogP contribution in [0.1, 0.15) is 33.1 Å². The topological polar surface area (TPSA) is 49.6 Å². The minimum absolute atomic E-state index is 0.0871. The molecule has 0 spiro atoms. The number of nitrogens with two attached hydrogens (primary N) is 1. The molecule has 1 aliphatic rings. The fourth-order valence-corrected chi connectivity index (χ4v) is 2.57. The second-order valence-electron chi connectivity index (χ2n) is 5.56. The molecule has 18 heavy (non-hydrogen) atoms. The summed E-state index contributed by atoms with van der Waals surface area (Å²) in [6.45, 7) is 5.42. The summed E-state index contributed by atoms with van der Waals surface area (Å²) in [7, 11) is 4.12. The Bertz CT molecular complexity index is 332. The third kappa shape index (κ3) is 3.01. The SMILES string of the molecule is CCC(C)(C(=O)N1CCCC(N(C)C)C1)C(N)=S. The van der Waals surface area contributed by atoms with Crippen molar-refractivity contribution in [1.29, 1.82) is 0 Å². The van der Waals surface area contributed by atoms with Gasteiger partial charge in [0.15, 0.2) is 0 Å². The Morgan fingerprint density at radius 2 is 2.17 bits per heavy atom. The van der Waals surface area contributed by atoms with Gasteiger partial charge in [-0.05, 0) is 40.3 Å². The highest BCUT2D eigenvalue weighted by atomic mass is 32.1. The van der Waals surface area contributed by atoms with Gasteiger partial charge in [0.05, 0.1) is 10.4 Å². The van der Waals surface area contributed by atoms with Gasteiger partial charge in [-0.3, -0.25) is 4.79 Å². The Labute approximate surface area is 115 Å². The highest BCUT2D eigenvalue weighted by Crippen LogP contribution is 2.27. The van der Waals surface area contributed by atoms with Crippen LogP contribution in [0.5, 0.6) is 0 Å².